The highest BCUT2D eigenvalue weighted by atomic mass is 127. The average molecular weight is 510 g/mol. The van der Waals surface area contributed by atoms with Gasteiger partial charge in [-0.2, -0.15) is 0 Å². The van der Waals surface area contributed by atoms with Crippen molar-refractivity contribution in [3.63, 3.8) is 0 Å². The summed E-state index contributed by atoms with van der Waals surface area (Å²) in [6.45, 7) is 3.18. The SMILES string of the molecule is CCc1cccc(NC(=O)CNC(=NC)NCCc2ccc3c(c2)OCO3)c1.I. The van der Waals surface area contributed by atoms with Crippen molar-refractivity contribution in [3.05, 3.63) is 53.6 Å². The van der Waals surface area contributed by atoms with E-state index in [2.05, 4.69) is 27.9 Å². The number of rotatable bonds is 7. The topological polar surface area (TPSA) is 84.0 Å². The minimum atomic E-state index is -0.119. The average Bonchev–Trinajstić information content (AvgIpc) is 3.18. The molecule has 0 fully saturated rings. The highest BCUT2D eigenvalue weighted by Gasteiger charge is 2.13. The molecule has 1 heterocycles. The number of aliphatic imine (C=N–C) groups is 1. The summed E-state index contributed by atoms with van der Waals surface area (Å²) in [6.07, 6.45) is 1.73. The number of carbonyl (C=O) groups excluding carboxylic acids is 1. The molecule has 0 unspecified atom stereocenters. The smallest absolute Gasteiger partial charge is 0.243 e. The Hall–Kier alpha value is -2.49. The van der Waals surface area contributed by atoms with Crippen LogP contribution < -0.4 is 25.4 Å². The molecule has 0 spiro atoms. The number of anilines is 1. The molecule has 8 heteroatoms. The molecule has 0 bridgehead atoms. The largest absolute Gasteiger partial charge is 0.454 e. The first-order valence-electron chi connectivity index (χ1n) is 9.39. The summed E-state index contributed by atoms with van der Waals surface area (Å²) in [5, 5.41) is 9.13. The molecule has 0 aromatic heterocycles. The second-order valence-electron chi connectivity index (χ2n) is 6.39. The van der Waals surface area contributed by atoms with Crippen molar-refractivity contribution in [2.45, 2.75) is 19.8 Å². The Kier molecular flexibility index (Phi) is 9.04. The number of hydrogen-bond acceptors (Lipinski definition) is 4. The maximum atomic E-state index is 12.2. The van der Waals surface area contributed by atoms with E-state index in [9.17, 15) is 4.79 Å². The zero-order chi connectivity index (χ0) is 19.8. The Balaban J connectivity index is 0.00000300. The van der Waals surface area contributed by atoms with Crippen LogP contribution >= 0.6 is 24.0 Å². The third kappa shape index (κ3) is 6.81. The number of halogens is 1. The van der Waals surface area contributed by atoms with Crippen molar-refractivity contribution in [2.24, 2.45) is 4.99 Å². The van der Waals surface area contributed by atoms with Crippen molar-refractivity contribution >= 4 is 41.5 Å². The van der Waals surface area contributed by atoms with Gasteiger partial charge in [-0.15, -0.1) is 24.0 Å². The summed E-state index contributed by atoms with van der Waals surface area (Å²) < 4.78 is 10.7. The van der Waals surface area contributed by atoms with Crippen LogP contribution in [0.4, 0.5) is 5.69 Å². The number of nitrogens with one attached hydrogen (secondary N) is 3. The zero-order valence-electron chi connectivity index (χ0n) is 16.7. The normalized spacial score (nSPS) is 12.1. The van der Waals surface area contributed by atoms with Gasteiger partial charge in [-0.3, -0.25) is 9.79 Å². The van der Waals surface area contributed by atoms with E-state index in [1.165, 1.54) is 5.56 Å². The number of aryl methyl sites for hydroxylation is 1. The molecule has 0 atom stereocenters. The van der Waals surface area contributed by atoms with Gasteiger partial charge < -0.3 is 25.4 Å². The second-order valence-corrected chi connectivity index (χ2v) is 6.39. The molecule has 0 saturated carbocycles. The van der Waals surface area contributed by atoms with Crippen molar-refractivity contribution in [3.8, 4) is 11.5 Å². The zero-order valence-corrected chi connectivity index (χ0v) is 19.0. The third-order valence-electron chi connectivity index (χ3n) is 4.40. The van der Waals surface area contributed by atoms with Gasteiger partial charge in [0.1, 0.15) is 0 Å². The number of amides is 1. The summed E-state index contributed by atoms with van der Waals surface area (Å²) >= 11 is 0. The Bertz CT molecular complexity index is 858. The quantitative estimate of drug-likeness (QED) is 0.303. The first-order valence-corrected chi connectivity index (χ1v) is 9.39. The van der Waals surface area contributed by atoms with Crippen molar-refractivity contribution in [2.75, 3.05) is 32.2 Å². The molecule has 1 aliphatic heterocycles. The van der Waals surface area contributed by atoms with Crippen LogP contribution in [-0.4, -0.2) is 38.8 Å². The molecule has 156 valence electrons. The Morgan fingerprint density at radius 1 is 1.07 bits per heavy atom. The van der Waals surface area contributed by atoms with Crippen molar-refractivity contribution in [1.29, 1.82) is 0 Å². The number of carbonyl (C=O) groups is 1. The fourth-order valence-corrected chi connectivity index (χ4v) is 2.88. The van der Waals surface area contributed by atoms with Crippen LogP contribution in [0.5, 0.6) is 11.5 Å². The van der Waals surface area contributed by atoms with Crippen LogP contribution in [0.15, 0.2) is 47.5 Å². The molecule has 3 rings (SSSR count). The van der Waals surface area contributed by atoms with Crippen LogP contribution in [0.2, 0.25) is 0 Å². The van der Waals surface area contributed by atoms with E-state index in [1.807, 2.05) is 42.5 Å². The Morgan fingerprint density at radius 3 is 2.69 bits per heavy atom. The number of nitrogens with zero attached hydrogens (tertiary/aromatic N) is 1. The monoisotopic (exact) mass is 510 g/mol. The van der Waals surface area contributed by atoms with Crippen LogP contribution in [0, 0.1) is 0 Å². The fraction of sp³-hybridized carbons (Fsp3) is 0.333. The number of benzene rings is 2. The summed E-state index contributed by atoms with van der Waals surface area (Å²) in [5.41, 5.74) is 3.13. The molecule has 0 aliphatic carbocycles. The lowest BCUT2D eigenvalue weighted by Gasteiger charge is -2.12. The first kappa shape index (κ1) is 22.8. The minimum Gasteiger partial charge on any atom is -0.454 e. The maximum absolute atomic E-state index is 12.2. The molecule has 1 aliphatic rings. The third-order valence-corrected chi connectivity index (χ3v) is 4.40. The van der Waals surface area contributed by atoms with Crippen molar-refractivity contribution < 1.29 is 14.3 Å². The molecule has 1 amide bonds. The van der Waals surface area contributed by atoms with Gasteiger partial charge in [-0.25, -0.2) is 0 Å². The molecule has 0 saturated heterocycles. The molecule has 7 nitrogen and oxygen atoms in total. The standard InChI is InChI=1S/C21H26N4O3.HI/c1-3-15-5-4-6-17(11-15)25-20(26)13-24-21(22-2)23-10-9-16-7-8-18-19(12-16)28-14-27-18;/h4-8,11-12H,3,9-10,13-14H2,1-2H3,(H,25,26)(H2,22,23,24);1H. The van der Waals surface area contributed by atoms with E-state index < -0.39 is 0 Å². The second kappa shape index (κ2) is 11.5. The summed E-state index contributed by atoms with van der Waals surface area (Å²) in [4.78, 5) is 16.3. The number of hydrogen-bond donors (Lipinski definition) is 3. The van der Waals surface area contributed by atoms with Gasteiger partial charge in [0, 0.05) is 19.3 Å². The number of ether oxygens (including phenoxy) is 2. The molecule has 2 aromatic rings. The molecule has 0 radical (unpaired) electrons. The lowest BCUT2D eigenvalue weighted by Crippen LogP contribution is -2.42. The Labute approximate surface area is 188 Å². The van der Waals surface area contributed by atoms with E-state index in [1.54, 1.807) is 7.05 Å². The van der Waals surface area contributed by atoms with Crippen LogP contribution in [0.25, 0.3) is 0 Å². The van der Waals surface area contributed by atoms with E-state index in [0.717, 1.165) is 35.6 Å². The van der Waals surface area contributed by atoms with Gasteiger partial charge in [-0.1, -0.05) is 25.1 Å². The molecule has 3 N–H and O–H groups in total. The van der Waals surface area contributed by atoms with Gasteiger partial charge in [0.25, 0.3) is 0 Å². The van der Waals surface area contributed by atoms with Gasteiger partial charge in [-0.05, 0) is 48.2 Å². The van der Waals surface area contributed by atoms with Crippen LogP contribution in [-0.2, 0) is 17.6 Å². The summed E-state index contributed by atoms with van der Waals surface area (Å²) in [7, 11) is 1.68. The predicted octanol–water partition coefficient (Wildman–Crippen LogP) is 2.94. The highest BCUT2D eigenvalue weighted by Crippen LogP contribution is 2.32. The van der Waals surface area contributed by atoms with Crippen LogP contribution in [0.3, 0.4) is 0 Å². The first-order chi connectivity index (χ1) is 13.7. The molecular formula is C21H27IN4O3. The summed E-state index contributed by atoms with van der Waals surface area (Å²) in [6, 6.07) is 13.8. The van der Waals surface area contributed by atoms with E-state index in [-0.39, 0.29) is 43.2 Å². The molecule has 29 heavy (non-hydrogen) atoms. The molecular weight excluding hydrogens is 483 g/mol. The fourth-order valence-electron chi connectivity index (χ4n) is 2.88. The number of fused-ring (bicyclic) bond motifs is 1. The van der Waals surface area contributed by atoms with Gasteiger partial charge in [0.2, 0.25) is 12.7 Å². The van der Waals surface area contributed by atoms with Gasteiger partial charge >= 0.3 is 0 Å². The van der Waals surface area contributed by atoms with Gasteiger partial charge in [0.05, 0.1) is 6.54 Å². The highest BCUT2D eigenvalue weighted by molar-refractivity contribution is 14.0. The van der Waals surface area contributed by atoms with E-state index >= 15 is 0 Å². The maximum Gasteiger partial charge on any atom is 0.243 e. The molecule has 2 aromatic carbocycles. The van der Waals surface area contributed by atoms with Gasteiger partial charge in [0.15, 0.2) is 17.5 Å². The minimum absolute atomic E-state index is 0. The summed E-state index contributed by atoms with van der Waals surface area (Å²) in [5.74, 6) is 2.03. The predicted molar refractivity (Wildman–Crippen MR) is 125 cm³/mol. The van der Waals surface area contributed by atoms with E-state index in [4.69, 9.17) is 9.47 Å². The van der Waals surface area contributed by atoms with E-state index in [0.29, 0.717) is 12.5 Å². The lowest BCUT2D eigenvalue weighted by atomic mass is 10.1. The van der Waals surface area contributed by atoms with Crippen molar-refractivity contribution in [1.82, 2.24) is 10.6 Å². The van der Waals surface area contributed by atoms with Crippen LogP contribution in [0.1, 0.15) is 18.1 Å². The number of guanidine groups is 1. The lowest BCUT2D eigenvalue weighted by molar-refractivity contribution is -0.115. The Morgan fingerprint density at radius 2 is 1.90 bits per heavy atom.